The molecule has 1 saturated heterocycles. The van der Waals surface area contributed by atoms with E-state index in [2.05, 4.69) is 22.1 Å². The van der Waals surface area contributed by atoms with Crippen LogP contribution in [0.25, 0.3) is 10.9 Å². The van der Waals surface area contributed by atoms with Crippen LogP contribution in [0.15, 0.2) is 30.5 Å². The maximum absolute atomic E-state index is 12.3. The lowest BCUT2D eigenvalue weighted by molar-refractivity contribution is 0.0946. The zero-order chi connectivity index (χ0) is 14.7. The van der Waals surface area contributed by atoms with Crippen LogP contribution in [0, 0.1) is 5.92 Å². The molecule has 2 heterocycles. The molecule has 2 aromatic rings. The summed E-state index contributed by atoms with van der Waals surface area (Å²) in [6.07, 6.45) is 4.42. The standard InChI is InChI=1S/C17H23N3O/c1-13-6-10-20(11-7-13)12-9-19-17(21)15-3-2-4-16-14(15)5-8-18-16/h2-5,8,13,18H,6-7,9-12H2,1H3,(H,19,21). The Labute approximate surface area is 125 Å². The molecule has 21 heavy (non-hydrogen) atoms. The molecule has 4 heteroatoms. The van der Waals surface area contributed by atoms with E-state index in [-0.39, 0.29) is 5.91 Å². The molecule has 1 aromatic carbocycles. The van der Waals surface area contributed by atoms with Gasteiger partial charge in [0.2, 0.25) is 0 Å². The molecule has 1 amide bonds. The lowest BCUT2D eigenvalue weighted by Crippen LogP contribution is -2.39. The monoisotopic (exact) mass is 285 g/mol. The number of likely N-dealkylation sites (tertiary alicyclic amines) is 1. The molecule has 0 radical (unpaired) electrons. The minimum Gasteiger partial charge on any atom is -0.361 e. The maximum Gasteiger partial charge on any atom is 0.252 e. The van der Waals surface area contributed by atoms with Crippen LogP contribution in [-0.2, 0) is 0 Å². The van der Waals surface area contributed by atoms with E-state index in [0.29, 0.717) is 6.54 Å². The number of nitrogens with one attached hydrogen (secondary N) is 2. The highest BCUT2D eigenvalue weighted by Crippen LogP contribution is 2.17. The lowest BCUT2D eigenvalue weighted by Gasteiger charge is -2.30. The van der Waals surface area contributed by atoms with Gasteiger partial charge in [0.05, 0.1) is 0 Å². The van der Waals surface area contributed by atoms with E-state index in [9.17, 15) is 4.79 Å². The summed E-state index contributed by atoms with van der Waals surface area (Å²) in [6.45, 7) is 6.29. The van der Waals surface area contributed by atoms with E-state index in [1.807, 2.05) is 30.5 Å². The van der Waals surface area contributed by atoms with Gasteiger partial charge in [0.25, 0.3) is 5.91 Å². The molecule has 1 aromatic heterocycles. The minimum atomic E-state index is 0.0191. The van der Waals surface area contributed by atoms with Crippen LogP contribution in [-0.4, -0.2) is 42.0 Å². The van der Waals surface area contributed by atoms with Gasteiger partial charge in [0, 0.05) is 35.8 Å². The zero-order valence-corrected chi connectivity index (χ0v) is 12.6. The number of rotatable bonds is 4. The molecule has 2 N–H and O–H groups in total. The number of aromatic nitrogens is 1. The fourth-order valence-electron chi connectivity index (χ4n) is 2.99. The summed E-state index contributed by atoms with van der Waals surface area (Å²) in [5.74, 6) is 0.868. The summed E-state index contributed by atoms with van der Waals surface area (Å²) in [5, 5.41) is 4.03. The number of carbonyl (C=O) groups excluding carboxylic acids is 1. The van der Waals surface area contributed by atoms with Gasteiger partial charge in [0.15, 0.2) is 0 Å². The third-order valence-electron chi connectivity index (χ3n) is 4.43. The van der Waals surface area contributed by atoms with Crippen LogP contribution < -0.4 is 5.32 Å². The largest absolute Gasteiger partial charge is 0.361 e. The molecule has 0 saturated carbocycles. The van der Waals surface area contributed by atoms with Crippen molar-refractivity contribution in [3.05, 3.63) is 36.0 Å². The Morgan fingerprint density at radius 3 is 2.95 bits per heavy atom. The van der Waals surface area contributed by atoms with Crippen molar-refractivity contribution < 1.29 is 4.79 Å². The molecule has 0 atom stereocenters. The first kappa shape index (κ1) is 14.1. The highest BCUT2D eigenvalue weighted by molar-refractivity contribution is 6.06. The smallest absolute Gasteiger partial charge is 0.252 e. The fourth-order valence-corrected chi connectivity index (χ4v) is 2.99. The van der Waals surface area contributed by atoms with Crippen LogP contribution in [0.3, 0.4) is 0 Å². The number of amides is 1. The summed E-state index contributed by atoms with van der Waals surface area (Å²) < 4.78 is 0. The molecule has 3 rings (SSSR count). The number of carbonyl (C=O) groups is 1. The number of benzene rings is 1. The first-order chi connectivity index (χ1) is 10.2. The molecule has 0 bridgehead atoms. The molecule has 0 unspecified atom stereocenters. The fraction of sp³-hybridized carbons (Fsp3) is 0.471. The van der Waals surface area contributed by atoms with Gasteiger partial charge < -0.3 is 15.2 Å². The Morgan fingerprint density at radius 2 is 2.14 bits per heavy atom. The second-order valence-corrected chi connectivity index (χ2v) is 6.02. The Kier molecular flexibility index (Phi) is 4.25. The average Bonchev–Trinajstić information content (AvgIpc) is 2.97. The third kappa shape index (κ3) is 3.27. The number of fused-ring (bicyclic) bond motifs is 1. The highest BCUT2D eigenvalue weighted by Gasteiger charge is 2.15. The van der Waals surface area contributed by atoms with Crippen molar-refractivity contribution in [3.63, 3.8) is 0 Å². The molecule has 4 nitrogen and oxygen atoms in total. The van der Waals surface area contributed by atoms with E-state index >= 15 is 0 Å². The van der Waals surface area contributed by atoms with Crippen molar-refractivity contribution in [1.82, 2.24) is 15.2 Å². The van der Waals surface area contributed by atoms with Crippen LogP contribution in [0.5, 0.6) is 0 Å². The number of H-pyrrole nitrogens is 1. The highest BCUT2D eigenvalue weighted by atomic mass is 16.1. The van der Waals surface area contributed by atoms with Gasteiger partial charge in [-0.1, -0.05) is 13.0 Å². The van der Waals surface area contributed by atoms with E-state index in [1.165, 1.54) is 12.8 Å². The average molecular weight is 285 g/mol. The van der Waals surface area contributed by atoms with E-state index < -0.39 is 0 Å². The summed E-state index contributed by atoms with van der Waals surface area (Å²) >= 11 is 0. The summed E-state index contributed by atoms with van der Waals surface area (Å²) in [4.78, 5) is 17.9. The number of piperidine rings is 1. The molecule has 1 aliphatic rings. The lowest BCUT2D eigenvalue weighted by atomic mass is 9.99. The van der Waals surface area contributed by atoms with Crippen molar-refractivity contribution in [3.8, 4) is 0 Å². The molecule has 112 valence electrons. The van der Waals surface area contributed by atoms with Crippen LogP contribution in [0.2, 0.25) is 0 Å². The van der Waals surface area contributed by atoms with Gasteiger partial charge in [-0.05, 0) is 50.0 Å². The first-order valence-electron chi connectivity index (χ1n) is 7.80. The topological polar surface area (TPSA) is 48.1 Å². The number of aromatic amines is 1. The maximum atomic E-state index is 12.3. The third-order valence-corrected chi connectivity index (χ3v) is 4.43. The first-order valence-corrected chi connectivity index (χ1v) is 7.80. The van der Waals surface area contributed by atoms with Gasteiger partial charge >= 0.3 is 0 Å². The van der Waals surface area contributed by atoms with E-state index in [4.69, 9.17) is 0 Å². The molecule has 0 aliphatic carbocycles. The van der Waals surface area contributed by atoms with Crippen molar-refractivity contribution in [1.29, 1.82) is 0 Å². The second-order valence-electron chi connectivity index (χ2n) is 6.02. The Hall–Kier alpha value is -1.81. The van der Waals surface area contributed by atoms with Gasteiger partial charge in [0.1, 0.15) is 0 Å². The van der Waals surface area contributed by atoms with Gasteiger partial charge in [-0.2, -0.15) is 0 Å². The SMILES string of the molecule is CC1CCN(CCNC(=O)c2cccc3[nH]ccc23)CC1. The Balaban J connectivity index is 1.54. The Morgan fingerprint density at radius 1 is 1.33 bits per heavy atom. The second kappa shape index (κ2) is 6.31. The van der Waals surface area contributed by atoms with Crippen LogP contribution in [0.1, 0.15) is 30.1 Å². The van der Waals surface area contributed by atoms with Crippen molar-refractivity contribution in [2.24, 2.45) is 5.92 Å². The molecular formula is C17H23N3O. The van der Waals surface area contributed by atoms with Gasteiger partial charge in [-0.15, -0.1) is 0 Å². The van der Waals surface area contributed by atoms with E-state index in [1.54, 1.807) is 0 Å². The summed E-state index contributed by atoms with van der Waals surface area (Å²) in [5.41, 5.74) is 1.76. The summed E-state index contributed by atoms with van der Waals surface area (Å²) in [6, 6.07) is 7.74. The van der Waals surface area contributed by atoms with Crippen molar-refractivity contribution in [2.75, 3.05) is 26.2 Å². The van der Waals surface area contributed by atoms with Crippen molar-refractivity contribution >= 4 is 16.8 Å². The molecular weight excluding hydrogens is 262 g/mol. The van der Waals surface area contributed by atoms with Gasteiger partial charge in [-0.25, -0.2) is 0 Å². The predicted molar refractivity (Wildman–Crippen MR) is 85.5 cm³/mol. The van der Waals surface area contributed by atoms with Crippen LogP contribution >= 0.6 is 0 Å². The Bertz CT molecular complexity index is 611. The minimum absolute atomic E-state index is 0.0191. The number of hydrogen-bond acceptors (Lipinski definition) is 2. The summed E-state index contributed by atoms with van der Waals surface area (Å²) in [7, 11) is 0. The molecule has 1 fully saturated rings. The normalized spacial score (nSPS) is 17.2. The zero-order valence-electron chi connectivity index (χ0n) is 12.6. The quantitative estimate of drug-likeness (QED) is 0.907. The van der Waals surface area contributed by atoms with Crippen LogP contribution in [0.4, 0.5) is 0 Å². The van der Waals surface area contributed by atoms with Gasteiger partial charge in [-0.3, -0.25) is 4.79 Å². The number of hydrogen-bond donors (Lipinski definition) is 2. The molecule has 1 aliphatic heterocycles. The number of nitrogens with zero attached hydrogens (tertiary/aromatic N) is 1. The predicted octanol–water partition coefficient (Wildman–Crippen LogP) is 2.63. The van der Waals surface area contributed by atoms with E-state index in [0.717, 1.165) is 42.0 Å². The molecule has 0 spiro atoms. The van der Waals surface area contributed by atoms with Crippen molar-refractivity contribution in [2.45, 2.75) is 19.8 Å².